The van der Waals surface area contributed by atoms with Gasteiger partial charge in [0.2, 0.25) is 11.7 Å². The van der Waals surface area contributed by atoms with Gasteiger partial charge in [-0.05, 0) is 29.8 Å². The summed E-state index contributed by atoms with van der Waals surface area (Å²) in [5.74, 6) is 0.126. The van der Waals surface area contributed by atoms with Crippen molar-refractivity contribution in [3.8, 4) is 11.4 Å². The summed E-state index contributed by atoms with van der Waals surface area (Å²) in [6.45, 7) is 1.92. The molecule has 7 heteroatoms. The molecular weight excluding hydrogens is 314 g/mol. The van der Waals surface area contributed by atoms with E-state index in [0.717, 1.165) is 11.6 Å². The molecule has 0 radical (unpaired) electrons. The predicted octanol–water partition coefficient (Wildman–Crippen LogP) is 3.01. The molecule has 122 valence electrons. The first-order chi connectivity index (χ1) is 11.7. The van der Waals surface area contributed by atoms with Crippen LogP contribution < -0.4 is 0 Å². The SMILES string of the molecule is Fc1cc(F)cc(CN2CC(c3nc(-c4cccnc4)no3)C2)c1. The van der Waals surface area contributed by atoms with E-state index in [1.54, 1.807) is 12.4 Å². The molecule has 0 amide bonds. The third-order valence-corrected chi connectivity index (χ3v) is 4.00. The Kier molecular flexibility index (Phi) is 3.78. The lowest BCUT2D eigenvalue weighted by molar-refractivity contribution is 0.117. The molecule has 1 saturated heterocycles. The number of hydrogen-bond acceptors (Lipinski definition) is 5. The van der Waals surface area contributed by atoms with Crippen molar-refractivity contribution in [1.82, 2.24) is 20.0 Å². The standard InChI is InChI=1S/C17H14F2N4O/c18-14-4-11(5-15(19)6-14)8-23-9-13(10-23)17-21-16(22-24-17)12-2-1-3-20-7-12/h1-7,13H,8-10H2. The van der Waals surface area contributed by atoms with Gasteiger partial charge < -0.3 is 4.52 Å². The molecule has 4 rings (SSSR count). The normalized spacial score (nSPS) is 15.4. The van der Waals surface area contributed by atoms with Gasteiger partial charge in [-0.2, -0.15) is 4.98 Å². The molecule has 1 aromatic carbocycles. The maximum absolute atomic E-state index is 13.2. The molecule has 0 bridgehead atoms. The Labute approximate surface area is 136 Å². The highest BCUT2D eigenvalue weighted by Crippen LogP contribution is 2.28. The molecule has 1 aliphatic rings. The summed E-state index contributed by atoms with van der Waals surface area (Å²) in [5, 5.41) is 3.98. The molecule has 0 spiro atoms. The fourth-order valence-corrected chi connectivity index (χ4v) is 2.83. The third kappa shape index (κ3) is 3.03. The summed E-state index contributed by atoms with van der Waals surface area (Å²) in [6, 6.07) is 7.26. The number of benzene rings is 1. The Bertz CT molecular complexity index is 827. The van der Waals surface area contributed by atoms with Crippen molar-refractivity contribution < 1.29 is 13.3 Å². The Morgan fingerprint density at radius 1 is 1.17 bits per heavy atom. The quantitative estimate of drug-likeness (QED) is 0.737. The molecule has 0 saturated carbocycles. The predicted molar refractivity (Wildman–Crippen MR) is 81.9 cm³/mol. The van der Waals surface area contributed by atoms with Crippen LogP contribution in [0, 0.1) is 11.6 Å². The molecule has 3 aromatic rings. The molecule has 24 heavy (non-hydrogen) atoms. The van der Waals surface area contributed by atoms with Crippen molar-refractivity contribution in [2.24, 2.45) is 0 Å². The fourth-order valence-electron chi connectivity index (χ4n) is 2.83. The Balaban J connectivity index is 1.38. The van der Waals surface area contributed by atoms with Gasteiger partial charge in [-0.1, -0.05) is 5.16 Å². The van der Waals surface area contributed by atoms with E-state index in [4.69, 9.17) is 4.52 Å². The molecular formula is C17H14F2N4O. The third-order valence-electron chi connectivity index (χ3n) is 4.00. The molecule has 0 unspecified atom stereocenters. The van der Waals surface area contributed by atoms with Gasteiger partial charge in [-0.15, -0.1) is 0 Å². The van der Waals surface area contributed by atoms with Gasteiger partial charge in [0.1, 0.15) is 11.6 Å². The van der Waals surface area contributed by atoms with E-state index in [0.29, 0.717) is 36.9 Å². The number of nitrogens with zero attached hydrogens (tertiary/aromatic N) is 4. The molecule has 0 N–H and O–H groups in total. The summed E-state index contributed by atoms with van der Waals surface area (Å²) >= 11 is 0. The van der Waals surface area contributed by atoms with E-state index in [-0.39, 0.29) is 5.92 Å². The number of pyridine rings is 1. The average molecular weight is 328 g/mol. The second kappa shape index (κ2) is 6.09. The maximum atomic E-state index is 13.2. The van der Waals surface area contributed by atoms with Gasteiger partial charge in [0.05, 0.1) is 5.92 Å². The van der Waals surface area contributed by atoms with Crippen LogP contribution >= 0.6 is 0 Å². The minimum atomic E-state index is -0.555. The smallest absolute Gasteiger partial charge is 0.232 e. The zero-order chi connectivity index (χ0) is 16.5. The topological polar surface area (TPSA) is 55.1 Å². The molecule has 2 aromatic heterocycles. The van der Waals surface area contributed by atoms with Crippen LogP contribution in [0.3, 0.4) is 0 Å². The monoisotopic (exact) mass is 328 g/mol. The van der Waals surface area contributed by atoms with Crippen LogP contribution in [-0.2, 0) is 6.54 Å². The Morgan fingerprint density at radius 3 is 2.67 bits per heavy atom. The molecule has 5 nitrogen and oxygen atoms in total. The molecule has 3 heterocycles. The molecule has 0 aliphatic carbocycles. The second-order valence-electron chi connectivity index (χ2n) is 5.87. The molecule has 1 aliphatic heterocycles. The van der Waals surface area contributed by atoms with E-state index < -0.39 is 11.6 Å². The minimum absolute atomic E-state index is 0.140. The van der Waals surface area contributed by atoms with Crippen molar-refractivity contribution in [3.05, 3.63) is 65.8 Å². The van der Waals surface area contributed by atoms with Crippen LogP contribution in [0.5, 0.6) is 0 Å². The minimum Gasteiger partial charge on any atom is -0.339 e. The highest BCUT2D eigenvalue weighted by atomic mass is 19.1. The second-order valence-corrected chi connectivity index (χ2v) is 5.87. The highest BCUT2D eigenvalue weighted by molar-refractivity contribution is 5.51. The Hall–Kier alpha value is -2.67. The van der Waals surface area contributed by atoms with E-state index in [1.165, 1.54) is 12.1 Å². The number of likely N-dealkylation sites (tertiary alicyclic amines) is 1. The first-order valence-corrected chi connectivity index (χ1v) is 7.59. The highest BCUT2D eigenvalue weighted by Gasteiger charge is 2.32. The average Bonchev–Trinajstić information content (AvgIpc) is 3.00. The van der Waals surface area contributed by atoms with Crippen molar-refractivity contribution >= 4 is 0 Å². The van der Waals surface area contributed by atoms with Crippen LogP contribution in [0.4, 0.5) is 8.78 Å². The summed E-state index contributed by atoms with van der Waals surface area (Å²) in [5.41, 5.74) is 1.42. The molecule has 1 fully saturated rings. The van der Waals surface area contributed by atoms with Crippen LogP contribution in [0.15, 0.2) is 47.2 Å². The lowest BCUT2D eigenvalue weighted by atomic mass is 9.99. The van der Waals surface area contributed by atoms with E-state index in [9.17, 15) is 8.78 Å². The van der Waals surface area contributed by atoms with Crippen molar-refractivity contribution in [2.45, 2.75) is 12.5 Å². The number of halogens is 2. The number of hydrogen-bond donors (Lipinski definition) is 0. The van der Waals surface area contributed by atoms with E-state index in [2.05, 4.69) is 20.0 Å². The van der Waals surface area contributed by atoms with Crippen molar-refractivity contribution in [1.29, 1.82) is 0 Å². The van der Waals surface area contributed by atoms with Crippen LogP contribution in [0.1, 0.15) is 17.4 Å². The largest absolute Gasteiger partial charge is 0.339 e. The lowest BCUT2D eigenvalue weighted by Gasteiger charge is -2.37. The van der Waals surface area contributed by atoms with Gasteiger partial charge in [0.15, 0.2) is 0 Å². The summed E-state index contributed by atoms with van der Waals surface area (Å²) in [4.78, 5) is 10.5. The summed E-state index contributed by atoms with van der Waals surface area (Å²) in [7, 11) is 0. The van der Waals surface area contributed by atoms with Crippen molar-refractivity contribution in [3.63, 3.8) is 0 Å². The van der Waals surface area contributed by atoms with Crippen molar-refractivity contribution in [2.75, 3.05) is 13.1 Å². The van der Waals surface area contributed by atoms with E-state index in [1.807, 2.05) is 12.1 Å². The number of aromatic nitrogens is 3. The zero-order valence-corrected chi connectivity index (χ0v) is 12.7. The molecule has 0 atom stereocenters. The summed E-state index contributed by atoms with van der Waals surface area (Å²) in [6.07, 6.45) is 3.36. The fraction of sp³-hybridized carbons (Fsp3) is 0.235. The number of rotatable bonds is 4. The van der Waals surface area contributed by atoms with Crippen LogP contribution in [0.2, 0.25) is 0 Å². The zero-order valence-electron chi connectivity index (χ0n) is 12.7. The van der Waals surface area contributed by atoms with Crippen LogP contribution in [-0.4, -0.2) is 33.1 Å². The lowest BCUT2D eigenvalue weighted by Crippen LogP contribution is -2.44. The first kappa shape index (κ1) is 14.9. The van der Waals surface area contributed by atoms with Gasteiger partial charge in [0.25, 0.3) is 0 Å². The van der Waals surface area contributed by atoms with Crippen LogP contribution in [0.25, 0.3) is 11.4 Å². The van der Waals surface area contributed by atoms with Gasteiger partial charge >= 0.3 is 0 Å². The maximum Gasteiger partial charge on any atom is 0.232 e. The van der Waals surface area contributed by atoms with E-state index >= 15 is 0 Å². The van der Waals surface area contributed by atoms with Gasteiger partial charge in [-0.25, -0.2) is 8.78 Å². The van der Waals surface area contributed by atoms with Gasteiger partial charge in [-0.3, -0.25) is 9.88 Å². The summed E-state index contributed by atoms with van der Waals surface area (Å²) < 4.78 is 31.7. The Morgan fingerprint density at radius 2 is 1.96 bits per heavy atom. The van der Waals surface area contributed by atoms with Gasteiger partial charge in [0, 0.05) is 43.7 Å². The first-order valence-electron chi connectivity index (χ1n) is 7.59.